The molecule has 0 saturated carbocycles. The molecule has 1 heterocycles. The molecule has 1 amide bonds. The molecule has 1 atom stereocenters. The molecular weight excluding hydrogens is 196 g/mol. The first kappa shape index (κ1) is 11.7. The summed E-state index contributed by atoms with van der Waals surface area (Å²) in [7, 11) is 6.05. The highest BCUT2D eigenvalue weighted by molar-refractivity contribution is 5.84. The van der Waals surface area contributed by atoms with E-state index in [9.17, 15) is 4.79 Å². The van der Waals surface area contributed by atoms with Crippen molar-refractivity contribution in [2.45, 2.75) is 12.0 Å². The first-order chi connectivity index (χ1) is 6.87. The summed E-state index contributed by atoms with van der Waals surface area (Å²) in [4.78, 5) is 11.3. The molecule has 0 saturated heterocycles. The van der Waals surface area contributed by atoms with Crippen LogP contribution >= 0.6 is 0 Å². The Morgan fingerprint density at radius 3 is 2.60 bits per heavy atom. The second-order valence-electron chi connectivity index (χ2n) is 4.73. The van der Waals surface area contributed by atoms with Crippen LogP contribution in [0.4, 0.5) is 0 Å². The highest BCUT2D eigenvalue weighted by Crippen LogP contribution is 2.21. The van der Waals surface area contributed by atoms with Gasteiger partial charge in [-0.1, -0.05) is 0 Å². The van der Waals surface area contributed by atoms with E-state index >= 15 is 0 Å². The van der Waals surface area contributed by atoms with E-state index < -0.39 is 5.54 Å². The third-order valence-electron chi connectivity index (χ3n) is 1.97. The molecule has 7 nitrogen and oxygen atoms in total. The molecule has 1 rings (SSSR count). The van der Waals surface area contributed by atoms with Gasteiger partial charge in [-0.05, 0) is 5.22 Å². The number of nitrogens with one attached hydrogen (secondary N) is 1. The molecule has 0 radical (unpaired) electrons. The molecular formula is C8H17N6O+. The highest BCUT2D eigenvalue weighted by atomic mass is 16.2. The Hall–Kier alpha value is -1.34. The predicted molar refractivity (Wildman–Crippen MR) is 55.9 cm³/mol. The molecule has 15 heavy (non-hydrogen) atoms. The number of likely N-dealkylation sites (N-methyl/N-ethyl adjacent to an activating group) is 1. The van der Waals surface area contributed by atoms with Crippen molar-refractivity contribution < 1.29 is 9.28 Å². The molecule has 0 spiro atoms. The van der Waals surface area contributed by atoms with E-state index in [2.05, 4.69) is 20.9 Å². The van der Waals surface area contributed by atoms with Gasteiger partial charge in [-0.2, -0.15) is 0 Å². The van der Waals surface area contributed by atoms with E-state index in [1.54, 1.807) is 6.21 Å². The maximum atomic E-state index is 11.3. The summed E-state index contributed by atoms with van der Waals surface area (Å²) in [5, 5.41) is 11.3. The molecule has 0 aliphatic carbocycles. The van der Waals surface area contributed by atoms with Gasteiger partial charge in [-0.15, -0.1) is 10.2 Å². The van der Waals surface area contributed by atoms with E-state index in [-0.39, 0.29) is 12.3 Å². The number of hydrazine groups is 1. The van der Waals surface area contributed by atoms with Crippen molar-refractivity contribution in [3.05, 3.63) is 0 Å². The maximum absolute atomic E-state index is 11.3. The Balaban J connectivity index is 2.77. The highest BCUT2D eigenvalue weighted by Gasteiger charge is 2.39. The van der Waals surface area contributed by atoms with Gasteiger partial charge in [0.1, 0.15) is 6.54 Å². The summed E-state index contributed by atoms with van der Waals surface area (Å²) in [6.45, 7) is 0.646. The van der Waals surface area contributed by atoms with Gasteiger partial charge in [0.2, 0.25) is 5.91 Å². The third kappa shape index (κ3) is 3.37. The number of hydrogen-bond donors (Lipinski definition) is 2. The monoisotopic (exact) mass is 213 g/mol. The standard InChI is InChI=1S/C8H16N6O/c1-14(2,3)6-8(4-7(15)11-9)5-10-13-12-8/h5H,4,6H2,1-3H3,(H2-,9,11,12,13,15)/p+1. The van der Waals surface area contributed by atoms with Gasteiger partial charge in [0.15, 0.2) is 5.54 Å². The minimum Gasteiger partial charge on any atom is -0.329 e. The molecule has 0 aromatic carbocycles. The van der Waals surface area contributed by atoms with Crippen molar-refractivity contribution in [2.75, 3.05) is 27.7 Å². The van der Waals surface area contributed by atoms with Crippen LogP contribution in [0.3, 0.4) is 0 Å². The molecule has 1 aliphatic rings. The normalized spacial score (nSPS) is 24.5. The number of carbonyl (C=O) groups is 1. The van der Waals surface area contributed by atoms with Crippen LogP contribution in [0.15, 0.2) is 15.4 Å². The van der Waals surface area contributed by atoms with Crippen LogP contribution in [0, 0.1) is 0 Å². The summed E-state index contributed by atoms with van der Waals surface area (Å²) in [5.74, 6) is 4.78. The fourth-order valence-corrected chi connectivity index (χ4v) is 1.63. The molecule has 0 fully saturated rings. The largest absolute Gasteiger partial charge is 0.329 e. The summed E-state index contributed by atoms with van der Waals surface area (Å²) < 4.78 is 0.670. The van der Waals surface area contributed by atoms with Crippen molar-refractivity contribution in [3.8, 4) is 0 Å². The van der Waals surface area contributed by atoms with E-state index in [0.29, 0.717) is 11.0 Å². The van der Waals surface area contributed by atoms with Gasteiger partial charge >= 0.3 is 0 Å². The zero-order valence-electron chi connectivity index (χ0n) is 9.27. The smallest absolute Gasteiger partial charge is 0.237 e. The average Bonchev–Trinajstić information content (AvgIpc) is 2.49. The minimum atomic E-state index is -0.651. The Labute approximate surface area is 88.6 Å². The predicted octanol–water partition coefficient (Wildman–Crippen LogP) is -0.737. The van der Waals surface area contributed by atoms with Gasteiger partial charge in [0, 0.05) is 0 Å². The fraction of sp³-hybridized carbons (Fsp3) is 0.750. The first-order valence-electron chi connectivity index (χ1n) is 4.63. The molecule has 1 unspecified atom stereocenters. The minimum absolute atomic E-state index is 0.173. The van der Waals surface area contributed by atoms with Crippen molar-refractivity contribution in [2.24, 2.45) is 21.3 Å². The quantitative estimate of drug-likeness (QED) is 0.279. The maximum Gasteiger partial charge on any atom is 0.237 e. The summed E-state index contributed by atoms with van der Waals surface area (Å²) in [6, 6.07) is 0. The van der Waals surface area contributed by atoms with Crippen molar-refractivity contribution in [1.82, 2.24) is 5.43 Å². The summed E-state index contributed by atoms with van der Waals surface area (Å²) in [5.41, 5.74) is 1.44. The SMILES string of the molecule is C[N+](C)(C)CC1(CC(=O)NN)C=NN=N1. The Kier molecular flexibility index (Phi) is 3.15. The number of nitrogens with two attached hydrogens (primary N) is 1. The molecule has 3 N–H and O–H groups in total. The lowest BCUT2D eigenvalue weighted by molar-refractivity contribution is -0.872. The Morgan fingerprint density at radius 2 is 2.20 bits per heavy atom. The summed E-state index contributed by atoms with van der Waals surface area (Å²) in [6.07, 6.45) is 1.78. The van der Waals surface area contributed by atoms with Crippen LogP contribution in [0.1, 0.15) is 6.42 Å². The van der Waals surface area contributed by atoms with Gasteiger partial charge in [-0.3, -0.25) is 10.2 Å². The van der Waals surface area contributed by atoms with Crippen LogP contribution in [-0.2, 0) is 4.79 Å². The lowest BCUT2D eigenvalue weighted by atomic mass is 9.96. The number of hydrogen-bond acceptors (Lipinski definition) is 5. The van der Waals surface area contributed by atoms with Crippen LogP contribution < -0.4 is 11.3 Å². The van der Waals surface area contributed by atoms with Crippen molar-refractivity contribution in [1.29, 1.82) is 0 Å². The van der Waals surface area contributed by atoms with Gasteiger partial charge in [0.25, 0.3) is 0 Å². The zero-order chi connectivity index (χ0) is 11.5. The molecule has 1 aliphatic heterocycles. The number of nitrogens with zero attached hydrogens (tertiary/aromatic N) is 4. The van der Waals surface area contributed by atoms with E-state index in [1.165, 1.54) is 0 Å². The molecule has 0 aromatic rings. The van der Waals surface area contributed by atoms with Crippen molar-refractivity contribution >= 4 is 12.1 Å². The second kappa shape index (κ2) is 4.03. The van der Waals surface area contributed by atoms with Crippen LogP contribution in [0.5, 0.6) is 0 Å². The average molecular weight is 213 g/mol. The topological polar surface area (TPSA) is 92.2 Å². The van der Waals surface area contributed by atoms with E-state index in [1.807, 2.05) is 21.1 Å². The van der Waals surface area contributed by atoms with Crippen molar-refractivity contribution in [3.63, 3.8) is 0 Å². The molecule has 7 heteroatoms. The van der Waals surface area contributed by atoms with E-state index in [4.69, 9.17) is 5.84 Å². The number of quaternary nitrogens is 1. The zero-order valence-corrected chi connectivity index (χ0v) is 9.27. The Bertz CT molecular complexity index is 291. The molecule has 0 aromatic heterocycles. The third-order valence-corrected chi connectivity index (χ3v) is 1.97. The fourth-order valence-electron chi connectivity index (χ4n) is 1.63. The van der Waals surface area contributed by atoms with E-state index in [0.717, 1.165) is 0 Å². The molecule has 0 bridgehead atoms. The van der Waals surface area contributed by atoms with Crippen LogP contribution in [-0.4, -0.2) is 49.8 Å². The van der Waals surface area contributed by atoms with Gasteiger partial charge < -0.3 is 4.48 Å². The lowest BCUT2D eigenvalue weighted by Crippen LogP contribution is -2.51. The van der Waals surface area contributed by atoms with Crippen LogP contribution in [0.2, 0.25) is 0 Å². The lowest BCUT2D eigenvalue weighted by Gasteiger charge is -2.31. The van der Waals surface area contributed by atoms with Crippen LogP contribution in [0.25, 0.3) is 0 Å². The first-order valence-corrected chi connectivity index (χ1v) is 4.63. The Morgan fingerprint density at radius 1 is 1.53 bits per heavy atom. The number of rotatable bonds is 4. The van der Waals surface area contributed by atoms with Gasteiger partial charge in [-0.25, -0.2) is 5.84 Å². The summed E-state index contributed by atoms with van der Waals surface area (Å²) >= 11 is 0. The second-order valence-corrected chi connectivity index (χ2v) is 4.73. The number of amides is 1. The molecule has 84 valence electrons. The number of carbonyl (C=O) groups excluding carboxylic acids is 1. The van der Waals surface area contributed by atoms with Gasteiger partial charge in [0.05, 0.1) is 33.8 Å².